The molecular weight excluding hydrogens is 201 g/mol. The van der Waals surface area contributed by atoms with Crippen LogP contribution in [0.25, 0.3) is 0 Å². The number of aliphatic carboxylic acids is 1. The van der Waals surface area contributed by atoms with Crippen molar-refractivity contribution in [3.63, 3.8) is 0 Å². The molecule has 7 heteroatoms. The molecule has 5 nitrogen and oxygen atoms in total. The highest BCUT2D eigenvalue weighted by Crippen LogP contribution is 2.03. The van der Waals surface area contributed by atoms with Crippen LogP contribution in [0.15, 0.2) is 6.20 Å². The van der Waals surface area contributed by atoms with Crippen molar-refractivity contribution in [2.45, 2.75) is 19.0 Å². The second kappa shape index (κ2) is 5.47. The third-order valence-corrected chi connectivity index (χ3v) is 1.40. The minimum Gasteiger partial charge on any atom is -0.479 e. The van der Waals surface area contributed by atoms with Gasteiger partial charge in [-0.1, -0.05) is 5.21 Å². The van der Waals surface area contributed by atoms with Gasteiger partial charge in [0.25, 0.3) is 0 Å². The van der Waals surface area contributed by atoms with Crippen LogP contribution < -0.4 is 0 Å². The van der Waals surface area contributed by atoms with Gasteiger partial charge in [-0.3, -0.25) is 5.10 Å². The van der Waals surface area contributed by atoms with E-state index in [9.17, 15) is 9.18 Å². The van der Waals surface area contributed by atoms with Crippen molar-refractivity contribution in [2.24, 2.45) is 0 Å². The fraction of sp³-hybridized carbons (Fsp3) is 0.500. The van der Waals surface area contributed by atoms with Gasteiger partial charge in [-0.05, 0) is 12.8 Å². The van der Waals surface area contributed by atoms with E-state index >= 15 is 0 Å². The monoisotopic (exact) mass is 209 g/mol. The Morgan fingerprint density at radius 2 is 2.46 bits per heavy atom. The zero-order valence-electron chi connectivity index (χ0n) is 6.61. The number of rotatable bonds is 4. The van der Waals surface area contributed by atoms with E-state index in [0.717, 1.165) is 0 Å². The Labute approximate surface area is 79.8 Å². The van der Waals surface area contributed by atoms with Gasteiger partial charge in [0.15, 0.2) is 6.17 Å². The van der Waals surface area contributed by atoms with Crippen LogP contribution in [-0.2, 0) is 11.2 Å². The van der Waals surface area contributed by atoms with Crippen LogP contribution in [0.4, 0.5) is 4.39 Å². The Kier molecular flexibility index (Phi) is 4.98. The largest absolute Gasteiger partial charge is 0.479 e. The Bertz CT molecular complexity index is 254. The molecule has 1 atom stereocenters. The molecule has 0 saturated carbocycles. The number of carboxylic acid groups (broad SMARTS) is 1. The number of aromatic nitrogens is 3. The lowest BCUT2D eigenvalue weighted by atomic mass is 10.2. The number of carbonyl (C=O) groups is 1. The number of alkyl halides is 1. The van der Waals surface area contributed by atoms with Crippen LogP contribution in [0.2, 0.25) is 0 Å². The summed E-state index contributed by atoms with van der Waals surface area (Å²) in [7, 11) is 0. The molecule has 2 N–H and O–H groups in total. The third kappa shape index (κ3) is 3.84. The molecule has 0 amide bonds. The average Bonchev–Trinajstić information content (AvgIpc) is 2.51. The molecular formula is C6H9ClFN3O2. The molecule has 1 aromatic heterocycles. The van der Waals surface area contributed by atoms with Crippen LogP contribution >= 0.6 is 12.4 Å². The first-order valence-electron chi connectivity index (χ1n) is 3.42. The Morgan fingerprint density at radius 1 is 1.77 bits per heavy atom. The maximum atomic E-state index is 12.5. The van der Waals surface area contributed by atoms with Crippen LogP contribution in [-0.4, -0.2) is 32.7 Å². The summed E-state index contributed by atoms with van der Waals surface area (Å²) in [6.07, 6.45) is -0.123. The van der Waals surface area contributed by atoms with Gasteiger partial charge in [0, 0.05) is 0 Å². The maximum Gasteiger partial charge on any atom is 0.338 e. The zero-order chi connectivity index (χ0) is 8.97. The van der Waals surface area contributed by atoms with Gasteiger partial charge in [0.1, 0.15) is 0 Å². The van der Waals surface area contributed by atoms with Crippen molar-refractivity contribution in [1.82, 2.24) is 15.4 Å². The van der Waals surface area contributed by atoms with Crippen molar-refractivity contribution < 1.29 is 14.3 Å². The second-order valence-electron chi connectivity index (χ2n) is 2.33. The lowest BCUT2D eigenvalue weighted by molar-refractivity contribution is -0.142. The highest BCUT2D eigenvalue weighted by Gasteiger charge is 2.15. The molecule has 0 spiro atoms. The number of halogens is 2. The van der Waals surface area contributed by atoms with E-state index in [-0.39, 0.29) is 18.8 Å². The number of nitrogens with zero attached hydrogens (tertiary/aromatic N) is 2. The molecule has 1 aromatic rings. The van der Waals surface area contributed by atoms with E-state index in [2.05, 4.69) is 15.4 Å². The molecule has 0 radical (unpaired) electrons. The molecule has 0 bridgehead atoms. The fourth-order valence-corrected chi connectivity index (χ4v) is 0.747. The van der Waals surface area contributed by atoms with E-state index in [0.29, 0.717) is 12.1 Å². The zero-order valence-corrected chi connectivity index (χ0v) is 7.42. The Morgan fingerprint density at radius 3 is 2.92 bits per heavy atom. The summed E-state index contributed by atoms with van der Waals surface area (Å²) < 4.78 is 12.5. The smallest absolute Gasteiger partial charge is 0.338 e. The summed E-state index contributed by atoms with van der Waals surface area (Å²) in [5.74, 6) is -1.43. The van der Waals surface area contributed by atoms with Gasteiger partial charge in [0.2, 0.25) is 0 Å². The molecule has 1 rings (SSSR count). The standard InChI is InChI=1S/C6H8FN3O2.ClH/c7-5(6(11)12)2-1-4-3-8-10-9-4;/h3,5H,1-2H2,(H,11,12)(H,8,9,10);1H. The van der Waals surface area contributed by atoms with Gasteiger partial charge in [-0.25, -0.2) is 9.18 Å². The molecule has 1 heterocycles. The molecule has 0 aliphatic heterocycles. The topological polar surface area (TPSA) is 78.9 Å². The molecule has 13 heavy (non-hydrogen) atoms. The number of hydrogen-bond donors (Lipinski definition) is 2. The second-order valence-corrected chi connectivity index (χ2v) is 2.33. The maximum absolute atomic E-state index is 12.5. The number of H-pyrrole nitrogens is 1. The lowest BCUT2D eigenvalue weighted by Crippen LogP contribution is -2.15. The molecule has 0 fully saturated rings. The third-order valence-electron chi connectivity index (χ3n) is 1.40. The van der Waals surface area contributed by atoms with Gasteiger partial charge < -0.3 is 5.11 Å². The number of aryl methyl sites for hydroxylation is 1. The minimum absolute atomic E-state index is 0. The Hall–Kier alpha value is -1.17. The summed E-state index contributed by atoms with van der Waals surface area (Å²) in [4.78, 5) is 10.0. The number of nitrogens with one attached hydrogen (secondary N) is 1. The SMILES string of the molecule is Cl.O=C(O)C(F)CCc1cnn[nH]1. The molecule has 0 aliphatic carbocycles. The van der Waals surface area contributed by atoms with Crippen LogP contribution in [0.3, 0.4) is 0 Å². The van der Waals surface area contributed by atoms with Gasteiger partial charge in [-0.15, -0.1) is 17.5 Å². The number of carboxylic acids is 1. The normalized spacial score (nSPS) is 11.8. The van der Waals surface area contributed by atoms with E-state index < -0.39 is 12.1 Å². The Balaban J connectivity index is 0.00000144. The fourth-order valence-electron chi connectivity index (χ4n) is 0.747. The van der Waals surface area contributed by atoms with Crippen LogP contribution in [0.1, 0.15) is 12.1 Å². The summed E-state index contributed by atoms with van der Waals surface area (Å²) >= 11 is 0. The van der Waals surface area contributed by atoms with E-state index in [1.54, 1.807) is 0 Å². The van der Waals surface area contributed by atoms with Crippen molar-refractivity contribution in [3.05, 3.63) is 11.9 Å². The van der Waals surface area contributed by atoms with E-state index in [1.807, 2.05) is 0 Å². The predicted octanol–water partition coefficient (Wildman–Crippen LogP) is 0.582. The number of hydrogen-bond acceptors (Lipinski definition) is 3. The van der Waals surface area contributed by atoms with Crippen molar-refractivity contribution in [1.29, 1.82) is 0 Å². The van der Waals surface area contributed by atoms with E-state index in [1.165, 1.54) is 6.20 Å². The van der Waals surface area contributed by atoms with Crippen molar-refractivity contribution >= 4 is 18.4 Å². The molecule has 0 saturated heterocycles. The molecule has 74 valence electrons. The predicted molar refractivity (Wildman–Crippen MR) is 44.5 cm³/mol. The molecule has 1 unspecified atom stereocenters. The minimum atomic E-state index is -1.81. The van der Waals surface area contributed by atoms with E-state index in [4.69, 9.17) is 5.11 Å². The molecule has 0 aromatic carbocycles. The lowest BCUT2D eigenvalue weighted by Gasteiger charge is -1.99. The first-order chi connectivity index (χ1) is 5.70. The summed E-state index contributed by atoms with van der Waals surface area (Å²) in [6.45, 7) is 0. The van der Waals surface area contributed by atoms with Crippen LogP contribution in [0, 0.1) is 0 Å². The first kappa shape index (κ1) is 11.8. The van der Waals surface area contributed by atoms with Gasteiger partial charge >= 0.3 is 5.97 Å². The van der Waals surface area contributed by atoms with Crippen molar-refractivity contribution in [3.8, 4) is 0 Å². The summed E-state index contributed by atoms with van der Waals surface area (Å²) in [5.41, 5.74) is 0.638. The summed E-state index contributed by atoms with van der Waals surface area (Å²) in [6, 6.07) is 0. The average molecular weight is 210 g/mol. The highest BCUT2D eigenvalue weighted by molar-refractivity contribution is 5.85. The summed E-state index contributed by atoms with van der Waals surface area (Å²) in [5, 5.41) is 17.6. The van der Waals surface area contributed by atoms with Crippen molar-refractivity contribution in [2.75, 3.05) is 0 Å². The van der Waals surface area contributed by atoms with Gasteiger partial charge in [-0.2, -0.15) is 0 Å². The van der Waals surface area contributed by atoms with Crippen LogP contribution in [0.5, 0.6) is 0 Å². The first-order valence-corrected chi connectivity index (χ1v) is 3.42. The van der Waals surface area contributed by atoms with Gasteiger partial charge in [0.05, 0.1) is 11.9 Å². The molecule has 0 aliphatic rings. The quantitative estimate of drug-likeness (QED) is 0.761. The highest BCUT2D eigenvalue weighted by atomic mass is 35.5. The number of aromatic amines is 1.